The van der Waals surface area contributed by atoms with Crippen LogP contribution in [0.3, 0.4) is 0 Å². The van der Waals surface area contributed by atoms with Gasteiger partial charge in [-0.1, -0.05) is 49.5 Å². The SMILES string of the molecule is CCCCCn1c(C)c(C)c(=O)c(C(=O)Nc2c(CC)cc(Br)cc2CC)c1C. The summed E-state index contributed by atoms with van der Waals surface area (Å²) < 4.78 is 3.13. The first-order valence-electron chi connectivity index (χ1n) is 10.6. The van der Waals surface area contributed by atoms with Gasteiger partial charge < -0.3 is 9.88 Å². The van der Waals surface area contributed by atoms with E-state index in [2.05, 4.69) is 46.6 Å². The van der Waals surface area contributed by atoms with Gasteiger partial charge in [-0.25, -0.2) is 0 Å². The van der Waals surface area contributed by atoms with Gasteiger partial charge in [0.2, 0.25) is 0 Å². The zero-order valence-corrected chi connectivity index (χ0v) is 20.1. The number of nitrogens with one attached hydrogen (secondary N) is 1. The second-order valence-electron chi connectivity index (χ2n) is 7.62. The third kappa shape index (κ3) is 5.00. The third-order valence-electron chi connectivity index (χ3n) is 5.76. The lowest BCUT2D eigenvalue weighted by atomic mass is 10.0. The molecule has 0 aliphatic heterocycles. The number of rotatable bonds is 8. The fourth-order valence-corrected chi connectivity index (χ4v) is 4.40. The molecule has 158 valence electrons. The molecule has 0 aliphatic rings. The van der Waals surface area contributed by atoms with Crippen LogP contribution >= 0.6 is 15.9 Å². The van der Waals surface area contributed by atoms with Crippen LogP contribution in [0.1, 0.15) is 78.5 Å². The van der Waals surface area contributed by atoms with Crippen molar-refractivity contribution in [1.29, 1.82) is 0 Å². The summed E-state index contributed by atoms with van der Waals surface area (Å²) >= 11 is 3.55. The van der Waals surface area contributed by atoms with Crippen LogP contribution in [0.2, 0.25) is 0 Å². The van der Waals surface area contributed by atoms with Crippen molar-refractivity contribution in [3.63, 3.8) is 0 Å². The molecule has 0 unspecified atom stereocenters. The fourth-order valence-electron chi connectivity index (χ4n) is 3.85. The van der Waals surface area contributed by atoms with Gasteiger partial charge >= 0.3 is 0 Å². The maximum absolute atomic E-state index is 13.3. The zero-order valence-electron chi connectivity index (χ0n) is 18.5. The number of carbonyl (C=O) groups is 1. The normalized spacial score (nSPS) is 11.0. The molecular weight excluding hydrogens is 428 g/mol. The number of nitrogens with zero attached hydrogens (tertiary/aromatic N) is 1. The molecule has 5 heteroatoms. The molecule has 0 bridgehead atoms. The molecule has 0 saturated heterocycles. The lowest BCUT2D eigenvalue weighted by molar-refractivity contribution is 0.102. The van der Waals surface area contributed by atoms with Crippen LogP contribution in [0.4, 0.5) is 5.69 Å². The summed E-state index contributed by atoms with van der Waals surface area (Å²) in [4.78, 5) is 26.3. The van der Waals surface area contributed by atoms with Gasteiger partial charge in [-0.2, -0.15) is 0 Å². The van der Waals surface area contributed by atoms with E-state index < -0.39 is 0 Å². The van der Waals surface area contributed by atoms with E-state index in [1.54, 1.807) is 0 Å². The molecule has 1 aromatic heterocycles. The Morgan fingerprint density at radius 1 is 1.00 bits per heavy atom. The van der Waals surface area contributed by atoms with Crippen molar-refractivity contribution in [3.05, 3.63) is 60.5 Å². The minimum absolute atomic E-state index is 0.169. The van der Waals surface area contributed by atoms with Crippen LogP contribution in [0.15, 0.2) is 21.4 Å². The van der Waals surface area contributed by atoms with Crippen molar-refractivity contribution in [2.45, 2.75) is 80.2 Å². The molecule has 1 heterocycles. The van der Waals surface area contributed by atoms with Gasteiger partial charge in [0.1, 0.15) is 5.56 Å². The number of aryl methyl sites for hydroxylation is 2. The Balaban J connectivity index is 2.53. The lowest BCUT2D eigenvalue weighted by Gasteiger charge is -2.21. The number of halogens is 1. The van der Waals surface area contributed by atoms with Crippen LogP contribution in [-0.2, 0) is 19.4 Å². The van der Waals surface area contributed by atoms with Gasteiger partial charge in [0.15, 0.2) is 5.43 Å². The monoisotopic (exact) mass is 460 g/mol. The van der Waals surface area contributed by atoms with E-state index in [0.717, 1.165) is 71.3 Å². The Morgan fingerprint density at radius 2 is 1.59 bits per heavy atom. The van der Waals surface area contributed by atoms with E-state index >= 15 is 0 Å². The molecule has 1 aromatic carbocycles. The Morgan fingerprint density at radius 3 is 2.10 bits per heavy atom. The lowest BCUT2D eigenvalue weighted by Crippen LogP contribution is -2.30. The number of hydrogen-bond acceptors (Lipinski definition) is 2. The fraction of sp³-hybridized carbons (Fsp3) is 0.500. The van der Waals surface area contributed by atoms with Crippen molar-refractivity contribution in [2.24, 2.45) is 0 Å². The smallest absolute Gasteiger partial charge is 0.261 e. The maximum Gasteiger partial charge on any atom is 0.261 e. The summed E-state index contributed by atoms with van der Waals surface area (Å²) in [6, 6.07) is 4.07. The minimum atomic E-state index is -0.313. The Kier molecular flexibility index (Phi) is 8.26. The number of amides is 1. The largest absolute Gasteiger partial charge is 0.348 e. The molecule has 2 aromatic rings. The average molecular weight is 461 g/mol. The summed E-state index contributed by atoms with van der Waals surface area (Å²) in [6.07, 6.45) is 4.90. The number of anilines is 1. The number of hydrogen-bond donors (Lipinski definition) is 1. The number of benzene rings is 1. The topological polar surface area (TPSA) is 51.1 Å². The molecule has 0 atom stereocenters. The van der Waals surface area contributed by atoms with Gasteiger partial charge in [0, 0.05) is 33.7 Å². The maximum atomic E-state index is 13.3. The molecule has 2 rings (SSSR count). The zero-order chi connectivity index (χ0) is 21.7. The molecule has 29 heavy (non-hydrogen) atoms. The molecular formula is C24H33BrN2O2. The number of carbonyl (C=O) groups excluding carboxylic acids is 1. The molecule has 1 N–H and O–H groups in total. The van der Waals surface area contributed by atoms with Crippen molar-refractivity contribution in [1.82, 2.24) is 4.57 Å². The summed E-state index contributed by atoms with van der Waals surface area (Å²) in [5.74, 6) is -0.313. The summed E-state index contributed by atoms with van der Waals surface area (Å²) in [5, 5.41) is 3.07. The van der Waals surface area contributed by atoms with Crippen molar-refractivity contribution >= 4 is 27.5 Å². The van der Waals surface area contributed by atoms with Crippen LogP contribution in [0.25, 0.3) is 0 Å². The van der Waals surface area contributed by atoms with E-state index in [0.29, 0.717) is 5.56 Å². The highest BCUT2D eigenvalue weighted by atomic mass is 79.9. The van der Waals surface area contributed by atoms with Crippen LogP contribution in [0.5, 0.6) is 0 Å². The van der Waals surface area contributed by atoms with Crippen LogP contribution < -0.4 is 10.7 Å². The highest BCUT2D eigenvalue weighted by Gasteiger charge is 2.22. The summed E-state index contributed by atoms with van der Waals surface area (Å²) in [6.45, 7) is 12.8. The van der Waals surface area contributed by atoms with Crippen molar-refractivity contribution < 1.29 is 4.79 Å². The predicted octanol–water partition coefficient (Wildman–Crippen LogP) is 6.10. The van der Waals surface area contributed by atoms with Gasteiger partial charge in [-0.3, -0.25) is 9.59 Å². The first-order chi connectivity index (χ1) is 13.8. The Hall–Kier alpha value is -1.88. The second kappa shape index (κ2) is 10.2. The van der Waals surface area contributed by atoms with Crippen molar-refractivity contribution in [3.8, 4) is 0 Å². The second-order valence-corrected chi connectivity index (χ2v) is 8.53. The van der Waals surface area contributed by atoms with Gasteiger partial charge in [0.25, 0.3) is 5.91 Å². The molecule has 1 amide bonds. The quantitative estimate of drug-likeness (QED) is 0.483. The standard InChI is InChI=1S/C24H33BrN2O2/c1-7-10-11-12-27-16(5)15(4)23(28)21(17(27)6)24(29)26-22-18(8-2)13-20(25)14-19(22)9-3/h13-14H,7-12H2,1-6H3,(H,26,29). The molecule has 0 radical (unpaired) electrons. The molecule has 0 fully saturated rings. The molecule has 0 aliphatic carbocycles. The summed E-state index contributed by atoms with van der Waals surface area (Å²) in [7, 11) is 0. The van der Waals surface area contributed by atoms with Gasteiger partial charge in [-0.05, 0) is 63.3 Å². The third-order valence-corrected chi connectivity index (χ3v) is 6.22. The highest BCUT2D eigenvalue weighted by molar-refractivity contribution is 9.10. The minimum Gasteiger partial charge on any atom is -0.348 e. The van der Waals surface area contributed by atoms with E-state index in [1.165, 1.54) is 0 Å². The first kappa shape index (κ1) is 23.4. The Bertz CT molecular complexity index is 935. The average Bonchev–Trinajstić information content (AvgIpc) is 2.69. The molecule has 0 saturated carbocycles. The van der Waals surface area contributed by atoms with Gasteiger partial charge in [-0.15, -0.1) is 0 Å². The molecule has 4 nitrogen and oxygen atoms in total. The van der Waals surface area contributed by atoms with Crippen LogP contribution in [0, 0.1) is 20.8 Å². The van der Waals surface area contributed by atoms with Gasteiger partial charge in [0.05, 0.1) is 0 Å². The van der Waals surface area contributed by atoms with Crippen LogP contribution in [-0.4, -0.2) is 10.5 Å². The van der Waals surface area contributed by atoms with E-state index in [-0.39, 0.29) is 16.9 Å². The predicted molar refractivity (Wildman–Crippen MR) is 125 cm³/mol. The number of aromatic nitrogens is 1. The van der Waals surface area contributed by atoms with Crippen molar-refractivity contribution in [2.75, 3.05) is 5.32 Å². The highest BCUT2D eigenvalue weighted by Crippen LogP contribution is 2.28. The van der Waals surface area contributed by atoms with E-state index in [1.807, 2.05) is 32.9 Å². The van der Waals surface area contributed by atoms with E-state index in [9.17, 15) is 9.59 Å². The number of pyridine rings is 1. The van der Waals surface area contributed by atoms with E-state index in [4.69, 9.17) is 0 Å². The summed E-state index contributed by atoms with van der Waals surface area (Å²) in [5.41, 5.74) is 5.40. The first-order valence-corrected chi connectivity index (χ1v) is 11.4. The Labute approximate surface area is 182 Å². The molecule has 0 spiro atoms. The number of unbranched alkanes of at least 4 members (excludes halogenated alkanes) is 2.